The van der Waals surface area contributed by atoms with Gasteiger partial charge < -0.3 is 10.1 Å². The number of ether oxygens (including phenoxy) is 1. The average Bonchev–Trinajstić information content (AvgIpc) is 3.11. The van der Waals surface area contributed by atoms with E-state index in [0.717, 1.165) is 22.5 Å². The van der Waals surface area contributed by atoms with Crippen LogP contribution in [0.15, 0.2) is 53.9 Å². The van der Waals surface area contributed by atoms with Crippen molar-refractivity contribution in [3.63, 3.8) is 0 Å². The number of rotatable bonds is 6. The van der Waals surface area contributed by atoms with Crippen LogP contribution in [0.25, 0.3) is 5.69 Å². The highest BCUT2D eigenvalue weighted by Gasteiger charge is 2.13. The number of amides is 1. The molecule has 7 heteroatoms. The Morgan fingerprint density at radius 2 is 2.04 bits per heavy atom. The van der Waals surface area contributed by atoms with E-state index >= 15 is 0 Å². The van der Waals surface area contributed by atoms with E-state index in [0.29, 0.717) is 10.9 Å². The molecule has 0 saturated carbocycles. The van der Waals surface area contributed by atoms with Crippen molar-refractivity contribution >= 4 is 23.4 Å². The first-order valence-corrected chi connectivity index (χ1v) is 9.10. The van der Waals surface area contributed by atoms with Gasteiger partial charge in [-0.3, -0.25) is 9.36 Å². The number of aromatic nitrogens is 3. The molecule has 0 bridgehead atoms. The molecule has 0 unspecified atom stereocenters. The lowest BCUT2D eigenvalue weighted by Crippen LogP contribution is -2.15. The summed E-state index contributed by atoms with van der Waals surface area (Å²) >= 11 is 1.33. The molecule has 3 aromatic rings. The highest BCUT2D eigenvalue weighted by atomic mass is 32.2. The van der Waals surface area contributed by atoms with E-state index in [-0.39, 0.29) is 11.7 Å². The van der Waals surface area contributed by atoms with Crippen LogP contribution in [0, 0.1) is 13.8 Å². The Bertz CT molecular complexity index is 923. The van der Waals surface area contributed by atoms with Crippen LogP contribution in [0.4, 0.5) is 5.69 Å². The molecular weight excluding hydrogens is 348 g/mol. The monoisotopic (exact) mass is 368 g/mol. The maximum Gasteiger partial charge on any atom is 0.234 e. The summed E-state index contributed by atoms with van der Waals surface area (Å²) in [5.41, 5.74) is 3.81. The average molecular weight is 368 g/mol. The SMILES string of the molecule is COc1ccccc1-n1cnnc1SCC(=O)Nc1cc(C)ccc1C. The molecular formula is C19H20N4O2S. The van der Waals surface area contributed by atoms with Gasteiger partial charge in [0.25, 0.3) is 0 Å². The summed E-state index contributed by atoms with van der Waals surface area (Å²) in [7, 11) is 1.62. The molecule has 0 spiro atoms. The van der Waals surface area contributed by atoms with Crippen LogP contribution in [0.1, 0.15) is 11.1 Å². The zero-order valence-electron chi connectivity index (χ0n) is 14.9. The summed E-state index contributed by atoms with van der Waals surface area (Å²) in [6.07, 6.45) is 1.61. The number of thioether (sulfide) groups is 1. The van der Waals surface area contributed by atoms with Crippen LogP contribution in [-0.4, -0.2) is 33.5 Å². The first-order valence-electron chi connectivity index (χ1n) is 8.12. The lowest BCUT2D eigenvalue weighted by atomic mass is 10.1. The summed E-state index contributed by atoms with van der Waals surface area (Å²) in [5, 5.41) is 11.7. The molecule has 0 saturated heterocycles. The van der Waals surface area contributed by atoms with Gasteiger partial charge in [0.1, 0.15) is 12.1 Å². The first kappa shape index (κ1) is 18.0. The second-order valence-electron chi connectivity index (χ2n) is 5.81. The molecule has 0 aliphatic carbocycles. The Labute approximate surface area is 156 Å². The number of para-hydroxylation sites is 2. The second-order valence-corrected chi connectivity index (χ2v) is 6.75. The van der Waals surface area contributed by atoms with E-state index < -0.39 is 0 Å². The van der Waals surface area contributed by atoms with Crippen LogP contribution >= 0.6 is 11.8 Å². The highest BCUT2D eigenvalue weighted by molar-refractivity contribution is 7.99. The van der Waals surface area contributed by atoms with Crippen LogP contribution in [0.2, 0.25) is 0 Å². The minimum absolute atomic E-state index is 0.0849. The van der Waals surface area contributed by atoms with Crippen molar-refractivity contribution in [1.29, 1.82) is 0 Å². The van der Waals surface area contributed by atoms with Gasteiger partial charge in [-0.25, -0.2) is 0 Å². The van der Waals surface area contributed by atoms with E-state index in [9.17, 15) is 4.79 Å². The van der Waals surface area contributed by atoms with Crippen LogP contribution in [0.3, 0.4) is 0 Å². The lowest BCUT2D eigenvalue weighted by molar-refractivity contribution is -0.113. The molecule has 2 aromatic carbocycles. The third-order valence-electron chi connectivity index (χ3n) is 3.86. The number of carbonyl (C=O) groups is 1. The predicted octanol–water partition coefficient (Wildman–Crippen LogP) is 3.62. The molecule has 1 N–H and O–H groups in total. The van der Waals surface area contributed by atoms with Crippen molar-refractivity contribution in [1.82, 2.24) is 14.8 Å². The fourth-order valence-corrected chi connectivity index (χ4v) is 3.23. The van der Waals surface area contributed by atoms with Gasteiger partial charge in [-0.1, -0.05) is 36.0 Å². The Hall–Kier alpha value is -2.80. The summed E-state index contributed by atoms with van der Waals surface area (Å²) < 4.78 is 7.20. The topological polar surface area (TPSA) is 69.0 Å². The number of nitrogens with zero attached hydrogens (tertiary/aromatic N) is 3. The smallest absolute Gasteiger partial charge is 0.234 e. The van der Waals surface area contributed by atoms with Crippen molar-refractivity contribution in [2.75, 3.05) is 18.2 Å². The quantitative estimate of drug-likeness (QED) is 0.673. The molecule has 134 valence electrons. The summed E-state index contributed by atoms with van der Waals surface area (Å²) in [4.78, 5) is 12.3. The number of methoxy groups -OCH3 is 1. The zero-order chi connectivity index (χ0) is 18.5. The molecule has 1 amide bonds. The van der Waals surface area contributed by atoms with Crippen LogP contribution in [-0.2, 0) is 4.79 Å². The maximum atomic E-state index is 12.3. The number of benzene rings is 2. The van der Waals surface area contributed by atoms with Crippen molar-refractivity contribution in [3.8, 4) is 11.4 Å². The van der Waals surface area contributed by atoms with E-state index in [1.54, 1.807) is 13.4 Å². The van der Waals surface area contributed by atoms with Gasteiger partial charge in [0, 0.05) is 5.69 Å². The number of nitrogens with one attached hydrogen (secondary N) is 1. The Morgan fingerprint density at radius 3 is 2.85 bits per heavy atom. The van der Waals surface area contributed by atoms with E-state index in [2.05, 4.69) is 15.5 Å². The highest BCUT2D eigenvalue weighted by Crippen LogP contribution is 2.26. The number of hydrogen-bond donors (Lipinski definition) is 1. The molecule has 0 radical (unpaired) electrons. The molecule has 1 aromatic heterocycles. The standard InChI is InChI=1S/C19H20N4O2S/c1-13-8-9-14(2)15(10-13)21-18(24)11-26-19-22-20-12-23(19)16-6-4-5-7-17(16)25-3/h4-10,12H,11H2,1-3H3,(H,21,24). The summed E-state index contributed by atoms with van der Waals surface area (Å²) in [6, 6.07) is 13.6. The normalized spacial score (nSPS) is 10.6. The Kier molecular flexibility index (Phi) is 5.58. The fraction of sp³-hybridized carbons (Fsp3) is 0.211. The Morgan fingerprint density at radius 1 is 1.23 bits per heavy atom. The zero-order valence-corrected chi connectivity index (χ0v) is 15.7. The molecule has 0 aliphatic heterocycles. The number of carbonyl (C=O) groups excluding carboxylic acids is 1. The fourth-order valence-electron chi connectivity index (χ4n) is 2.50. The van der Waals surface area contributed by atoms with Gasteiger partial charge in [-0.2, -0.15) is 0 Å². The molecule has 0 aliphatic rings. The minimum Gasteiger partial charge on any atom is -0.495 e. The van der Waals surface area contributed by atoms with Crippen molar-refractivity contribution < 1.29 is 9.53 Å². The summed E-state index contributed by atoms with van der Waals surface area (Å²) in [5.74, 6) is 0.869. The Balaban J connectivity index is 1.70. The molecule has 26 heavy (non-hydrogen) atoms. The molecule has 1 heterocycles. The third kappa shape index (κ3) is 4.05. The van der Waals surface area contributed by atoms with E-state index in [1.165, 1.54) is 11.8 Å². The van der Waals surface area contributed by atoms with Crippen molar-refractivity contribution in [2.45, 2.75) is 19.0 Å². The van der Waals surface area contributed by atoms with Crippen LogP contribution in [0.5, 0.6) is 5.75 Å². The molecule has 0 atom stereocenters. The molecule has 0 fully saturated rings. The molecule has 3 rings (SSSR count). The van der Waals surface area contributed by atoms with E-state index in [4.69, 9.17) is 4.74 Å². The van der Waals surface area contributed by atoms with Crippen LogP contribution < -0.4 is 10.1 Å². The molecule has 6 nitrogen and oxygen atoms in total. The van der Waals surface area contributed by atoms with E-state index in [1.807, 2.05) is 60.9 Å². The number of aryl methyl sites for hydroxylation is 2. The lowest BCUT2D eigenvalue weighted by Gasteiger charge is -2.11. The number of anilines is 1. The van der Waals surface area contributed by atoms with Gasteiger partial charge >= 0.3 is 0 Å². The first-order chi connectivity index (χ1) is 12.6. The number of hydrogen-bond acceptors (Lipinski definition) is 5. The predicted molar refractivity (Wildman–Crippen MR) is 103 cm³/mol. The van der Waals surface area contributed by atoms with Gasteiger partial charge in [0.2, 0.25) is 5.91 Å². The van der Waals surface area contributed by atoms with Gasteiger partial charge in [-0.15, -0.1) is 10.2 Å². The van der Waals surface area contributed by atoms with Crippen molar-refractivity contribution in [2.24, 2.45) is 0 Å². The van der Waals surface area contributed by atoms with Crippen molar-refractivity contribution in [3.05, 3.63) is 59.9 Å². The third-order valence-corrected chi connectivity index (χ3v) is 4.80. The summed E-state index contributed by atoms with van der Waals surface area (Å²) in [6.45, 7) is 3.97. The second kappa shape index (κ2) is 8.05. The minimum atomic E-state index is -0.0849. The van der Waals surface area contributed by atoms with Gasteiger partial charge in [-0.05, 0) is 43.2 Å². The van der Waals surface area contributed by atoms with Gasteiger partial charge in [0.15, 0.2) is 5.16 Å². The van der Waals surface area contributed by atoms with Gasteiger partial charge in [0.05, 0.1) is 18.6 Å². The maximum absolute atomic E-state index is 12.3. The largest absolute Gasteiger partial charge is 0.495 e.